The molecule has 3 N–H and O–H groups in total. The van der Waals surface area contributed by atoms with Crippen LogP contribution in [-0.4, -0.2) is 46.4 Å². The van der Waals surface area contributed by atoms with Gasteiger partial charge in [0.15, 0.2) is 11.6 Å². The van der Waals surface area contributed by atoms with Crippen LogP contribution in [-0.2, 0) is 4.79 Å². The number of benzene rings is 2. The van der Waals surface area contributed by atoms with Crippen LogP contribution in [0.1, 0.15) is 24.8 Å². The van der Waals surface area contributed by atoms with Crippen molar-refractivity contribution in [3.63, 3.8) is 0 Å². The van der Waals surface area contributed by atoms with E-state index in [1.807, 2.05) is 0 Å². The number of ether oxygens (including phenoxy) is 1. The van der Waals surface area contributed by atoms with Crippen LogP contribution in [0.25, 0.3) is 0 Å². The molecule has 1 aliphatic heterocycles. The number of carbonyl (C=O) groups excluding carboxylic acids is 1. The summed E-state index contributed by atoms with van der Waals surface area (Å²) >= 11 is 0.382. The number of carbonyl (C=O) groups is 1. The molecule has 172 valence electrons. The summed E-state index contributed by atoms with van der Waals surface area (Å²) in [4.78, 5) is 13.0. The van der Waals surface area contributed by atoms with Gasteiger partial charge in [0.05, 0.1) is 12.4 Å². The molecule has 1 saturated heterocycles. The van der Waals surface area contributed by atoms with Gasteiger partial charge in [0, 0.05) is 17.2 Å². The number of methoxy groups -OCH3 is 1. The summed E-state index contributed by atoms with van der Waals surface area (Å²) in [5.74, 6) is -5.06. The lowest BCUT2D eigenvalue weighted by Gasteiger charge is -2.26. The van der Waals surface area contributed by atoms with Crippen LogP contribution >= 0.6 is 11.8 Å². The second-order valence-corrected chi connectivity index (χ2v) is 9.19. The number of halogens is 5. The fourth-order valence-electron chi connectivity index (χ4n) is 3.67. The van der Waals surface area contributed by atoms with Gasteiger partial charge in [-0.1, -0.05) is 18.2 Å². The number of alkyl halides is 3. The summed E-state index contributed by atoms with van der Waals surface area (Å²) in [5, 5.41) is 19.7. The Bertz CT molecular complexity index is 1020. The highest BCUT2D eigenvalue weighted by Gasteiger charge is 2.60. The molecule has 32 heavy (non-hydrogen) atoms. The van der Waals surface area contributed by atoms with Gasteiger partial charge in [-0.25, -0.2) is 4.39 Å². The fraction of sp³-hybridized carbons (Fsp3) is 0.350. The summed E-state index contributed by atoms with van der Waals surface area (Å²) in [6, 6.07) is 7.41. The highest BCUT2D eigenvalue weighted by atomic mass is 32.2. The molecule has 5 nitrogen and oxygen atoms in total. The molecule has 0 aliphatic carbocycles. The molecular weight excluding hydrogens is 456 g/mol. The topological polar surface area (TPSA) is 78.8 Å². The van der Waals surface area contributed by atoms with Gasteiger partial charge in [0.1, 0.15) is 4.75 Å². The molecule has 0 radical (unpaired) electrons. The van der Waals surface area contributed by atoms with Crippen molar-refractivity contribution in [3.8, 4) is 5.75 Å². The average Bonchev–Trinajstić information content (AvgIpc) is 3.09. The van der Waals surface area contributed by atoms with Crippen LogP contribution in [0.5, 0.6) is 5.75 Å². The van der Waals surface area contributed by atoms with E-state index in [4.69, 9.17) is 4.74 Å². The van der Waals surface area contributed by atoms with E-state index in [-0.39, 0.29) is 16.7 Å². The van der Waals surface area contributed by atoms with Gasteiger partial charge in [-0.15, -0.1) is 11.8 Å². The van der Waals surface area contributed by atoms with Crippen LogP contribution in [0.2, 0.25) is 0 Å². The lowest BCUT2D eigenvalue weighted by Crippen LogP contribution is -2.37. The summed E-state index contributed by atoms with van der Waals surface area (Å²) < 4.78 is 71.9. The van der Waals surface area contributed by atoms with E-state index in [9.17, 15) is 36.8 Å². The summed E-state index contributed by atoms with van der Waals surface area (Å²) in [6.45, 7) is 0.951. The molecule has 1 amide bonds. The maximum Gasteiger partial charge on any atom is 0.488 e. The van der Waals surface area contributed by atoms with Gasteiger partial charge in [-0.2, -0.15) is 17.6 Å². The second-order valence-electron chi connectivity index (χ2n) is 7.55. The zero-order valence-corrected chi connectivity index (χ0v) is 17.7. The van der Waals surface area contributed by atoms with Gasteiger partial charge >= 0.3 is 13.3 Å². The second kappa shape index (κ2) is 8.91. The first-order valence-electron chi connectivity index (χ1n) is 9.41. The van der Waals surface area contributed by atoms with Gasteiger partial charge in [-0.05, 0) is 37.0 Å². The average molecular weight is 475 g/mol. The Morgan fingerprint density at radius 2 is 1.94 bits per heavy atom. The largest absolute Gasteiger partial charge is 0.493 e. The van der Waals surface area contributed by atoms with E-state index in [1.165, 1.54) is 24.3 Å². The number of thioether (sulfide) groups is 1. The molecular formula is C20H19BF5NO4S. The fourth-order valence-corrected chi connectivity index (χ4v) is 5.21. The number of rotatable bonds is 5. The molecule has 0 unspecified atom stereocenters. The molecule has 1 heterocycles. The molecule has 2 aromatic carbocycles. The highest BCUT2D eigenvalue weighted by Crippen LogP contribution is 2.59. The Hall–Kier alpha value is -2.31. The van der Waals surface area contributed by atoms with Crippen molar-refractivity contribution < 1.29 is 41.5 Å². The van der Waals surface area contributed by atoms with E-state index in [0.29, 0.717) is 11.8 Å². The number of nitrogens with one attached hydrogen (secondary N) is 1. The highest BCUT2D eigenvalue weighted by molar-refractivity contribution is 8.02. The SMILES string of the molecule is COc1c([C@@H]2C[C@](C)(C(F)(F)F)S[C@H]2C(=O)Nc2cccc(B(O)O)c2)ccc(F)c1F. The number of amides is 1. The predicted octanol–water partition coefficient (Wildman–Crippen LogP) is 3.20. The summed E-state index contributed by atoms with van der Waals surface area (Å²) in [7, 11) is -0.742. The van der Waals surface area contributed by atoms with Crippen molar-refractivity contribution in [1.29, 1.82) is 0 Å². The minimum atomic E-state index is -4.67. The van der Waals surface area contributed by atoms with Crippen molar-refractivity contribution in [3.05, 3.63) is 53.6 Å². The maximum absolute atomic E-state index is 14.3. The maximum atomic E-state index is 14.3. The van der Waals surface area contributed by atoms with E-state index >= 15 is 0 Å². The smallest absolute Gasteiger partial charge is 0.488 e. The van der Waals surface area contributed by atoms with E-state index in [1.54, 1.807) is 0 Å². The van der Waals surface area contributed by atoms with E-state index in [0.717, 1.165) is 26.2 Å². The van der Waals surface area contributed by atoms with Crippen LogP contribution in [0, 0.1) is 11.6 Å². The van der Waals surface area contributed by atoms with Gasteiger partial charge < -0.3 is 20.1 Å². The molecule has 1 fully saturated rings. The first kappa shape index (κ1) is 24.3. The number of anilines is 1. The third kappa shape index (κ3) is 4.57. The Morgan fingerprint density at radius 1 is 1.25 bits per heavy atom. The Morgan fingerprint density at radius 3 is 2.53 bits per heavy atom. The van der Waals surface area contributed by atoms with Crippen molar-refractivity contribution >= 4 is 35.9 Å². The van der Waals surface area contributed by atoms with Crippen LogP contribution in [0.4, 0.5) is 27.6 Å². The molecule has 2 aromatic rings. The minimum Gasteiger partial charge on any atom is -0.493 e. The molecule has 0 aromatic heterocycles. The first-order chi connectivity index (χ1) is 14.9. The number of hydrogen-bond donors (Lipinski definition) is 3. The first-order valence-corrected chi connectivity index (χ1v) is 10.3. The monoisotopic (exact) mass is 475 g/mol. The minimum absolute atomic E-state index is 0.0495. The third-order valence-corrected chi connectivity index (χ3v) is 7.07. The molecule has 0 saturated carbocycles. The van der Waals surface area contributed by atoms with Gasteiger partial charge in [0.2, 0.25) is 11.7 Å². The molecule has 0 spiro atoms. The summed E-state index contributed by atoms with van der Waals surface area (Å²) in [5.41, 5.74) is 0.158. The molecule has 12 heteroatoms. The molecule has 3 rings (SSSR count). The van der Waals surface area contributed by atoms with Crippen molar-refractivity contribution in [2.45, 2.75) is 35.4 Å². The Balaban J connectivity index is 2.00. The van der Waals surface area contributed by atoms with Crippen molar-refractivity contribution in [1.82, 2.24) is 0 Å². The lowest BCUT2D eigenvalue weighted by molar-refractivity contribution is -0.155. The zero-order valence-electron chi connectivity index (χ0n) is 16.9. The molecule has 3 atom stereocenters. The normalized spacial score (nSPS) is 23.2. The lowest BCUT2D eigenvalue weighted by atomic mass is 9.80. The van der Waals surface area contributed by atoms with E-state index in [2.05, 4.69) is 5.32 Å². The standard InChI is InChI=1S/C20H19BF5NO4S/c1-19(20(24,25)26)9-13(12-6-7-14(22)15(23)16(12)31-2)17(32-19)18(28)27-11-5-3-4-10(8-11)21(29)30/h3-8,13,17,29-30H,9H2,1-2H3,(H,27,28)/t13-,17+,19+/m0/s1. The van der Waals surface area contributed by atoms with Crippen LogP contribution in [0.3, 0.4) is 0 Å². The van der Waals surface area contributed by atoms with Crippen molar-refractivity contribution in [2.75, 3.05) is 12.4 Å². The molecule has 1 aliphatic rings. The molecule has 0 bridgehead atoms. The van der Waals surface area contributed by atoms with Crippen molar-refractivity contribution in [2.24, 2.45) is 0 Å². The predicted molar refractivity (Wildman–Crippen MR) is 111 cm³/mol. The van der Waals surface area contributed by atoms with E-state index < -0.39 is 58.9 Å². The van der Waals surface area contributed by atoms with Gasteiger partial charge in [0.25, 0.3) is 0 Å². The van der Waals surface area contributed by atoms with Gasteiger partial charge in [-0.3, -0.25) is 4.79 Å². The quantitative estimate of drug-likeness (QED) is 0.458. The van der Waals surface area contributed by atoms with Crippen LogP contribution < -0.4 is 15.5 Å². The zero-order chi connectivity index (χ0) is 23.8. The third-order valence-electron chi connectivity index (χ3n) is 5.36. The number of hydrogen-bond acceptors (Lipinski definition) is 5. The summed E-state index contributed by atoms with van der Waals surface area (Å²) in [6.07, 6.45) is -5.23. The Labute approximate surface area is 185 Å². The Kier molecular flexibility index (Phi) is 6.78. The van der Waals surface area contributed by atoms with Crippen LogP contribution in [0.15, 0.2) is 36.4 Å².